The van der Waals surface area contributed by atoms with Gasteiger partial charge in [-0.3, -0.25) is 0 Å². The van der Waals surface area contributed by atoms with Crippen molar-refractivity contribution in [3.05, 3.63) is 22.2 Å². The molecule has 0 unspecified atom stereocenters. The second-order valence-corrected chi connectivity index (χ2v) is 3.47. The van der Waals surface area contributed by atoms with Gasteiger partial charge in [0.2, 0.25) is 0 Å². The van der Waals surface area contributed by atoms with Crippen LogP contribution in [-0.2, 0) is 0 Å². The molecule has 0 aliphatic rings. The van der Waals surface area contributed by atoms with Gasteiger partial charge in [-0.1, -0.05) is 23.2 Å². The Balaban J connectivity index is 3.27. The van der Waals surface area contributed by atoms with Crippen LogP contribution < -0.4 is 10.6 Å². The zero-order chi connectivity index (χ0) is 9.30. The van der Waals surface area contributed by atoms with Crippen LogP contribution in [0, 0.1) is 0 Å². The first-order valence-electron chi connectivity index (χ1n) is 3.45. The van der Waals surface area contributed by atoms with Crippen molar-refractivity contribution in [1.29, 1.82) is 0 Å². The molecule has 4 heteroatoms. The lowest BCUT2D eigenvalue weighted by atomic mass is 10.2. The zero-order valence-corrected chi connectivity index (χ0v) is 8.45. The highest BCUT2D eigenvalue weighted by Crippen LogP contribution is 2.34. The molecule has 0 bridgehead atoms. The summed E-state index contributed by atoms with van der Waals surface area (Å²) in [6.07, 6.45) is 0. The molecule has 0 fully saturated rings. The van der Waals surface area contributed by atoms with Crippen molar-refractivity contribution in [3.63, 3.8) is 0 Å². The Hall–Kier alpha value is -0.600. The van der Waals surface area contributed by atoms with Gasteiger partial charge in [-0.15, -0.1) is 0 Å². The summed E-state index contributed by atoms with van der Waals surface area (Å²) in [6, 6.07) is 3.57. The Morgan fingerprint density at radius 2 is 1.83 bits per heavy atom. The third-order valence-corrected chi connectivity index (χ3v) is 2.31. The highest BCUT2D eigenvalue weighted by atomic mass is 35.5. The molecule has 1 aromatic rings. The molecule has 0 saturated carbocycles. The number of halogens is 2. The van der Waals surface area contributed by atoms with E-state index in [1.54, 1.807) is 6.07 Å². The quantitative estimate of drug-likeness (QED) is 0.714. The molecule has 0 heterocycles. The van der Waals surface area contributed by atoms with E-state index in [-0.39, 0.29) is 0 Å². The molecule has 0 saturated heterocycles. The molecule has 66 valence electrons. The SMILES string of the molecule is CN(C)c1ccc(Cl)c(N)c1Cl. The Labute approximate surface area is 81.9 Å². The fourth-order valence-corrected chi connectivity index (χ4v) is 1.44. The molecule has 0 aromatic heterocycles. The van der Waals surface area contributed by atoms with Crippen LogP contribution in [0.3, 0.4) is 0 Å². The minimum absolute atomic E-state index is 0.435. The maximum absolute atomic E-state index is 5.94. The van der Waals surface area contributed by atoms with Crippen molar-refractivity contribution in [3.8, 4) is 0 Å². The average molecular weight is 205 g/mol. The maximum atomic E-state index is 5.94. The van der Waals surface area contributed by atoms with Crippen LogP contribution in [0.15, 0.2) is 12.1 Å². The Kier molecular flexibility index (Phi) is 2.70. The van der Waals surface area contributed by atoms with Crippen LogP contribution in [0.25, 0.3) is 0 Å². The van der Waals surface area contributed by atoms with Crippen LogP contribution in [0.2, 0.25) is 10.0 Å². The van der Waals surface area contributed by atoms with Gasteiger partial charge >= 0.3 is 0 Å². The van der Waals surface area contributed by atoms with Gasteiger partial charge in [0.15, 0.2) is 0 Å². The second-order valence-electron chi connectivity index (χ2n) is 2.69. The number of hydrogen-bond donors (Lipinski definition) is 1. The summed E-state index contributed by atoms with van der Waals surface area (Å²) in [7, 11) is 3.79. The molecular weight excluding hydrogens is 195 g/mol. The van der Waals surface area contributed by atoms with E-state index in [4.69, 9.17) is 28.9 Å². The maximum Gasteiger partial charge on any atom is 0.0883 e. The lowest BCUT2D eigenvalue weighted by Crippen LogP contribution is -2.09. The van der Waals surface area contributed by atoms with Crippen LogP contribution in [0.5, 0.6) is 0 Å². The molecule has 0 amide bonds. The minimum Gasteiger partial charge on any atom is -0.396 e. The summed E-state index contributed by atoms with van der Waals surface area (Å²) in [6.45, 7) is 0. The lowest BCUT2D eigenvalue weighted by Gasteiger charge is -2.15. The monoisotopic (exact) mass is 204 g/mol. The molecule has 1 aromatic carbocycles. The summed E-state index contributed by atoms with van der Waals surface area (Å²) in [4.78, 5) is 1.88. The van der Waals surface area contributed by atoms with Crippen LogP contribution in [0.4, 0.5) is 11.4 Å². The number of anilines is 2. The number of benzene rings is 1. The summed E-state index contributed by atoms with van der Waals surface area (Å²) >= 11 is 11.7. The number of hydrogen-bond acceptors (Lipinski definition) is 2. The van der Waals surface area contributed by atoms with Gasteiger partial charge in [-0.2, -0.15) is 0 Å². The normalized spacial score (nSPS) is 10.0. The van der Waals surface area contributed by atoms with Gasteiger partial charge < -0.3 is 10.6 Å². The molecule has 1 rings (SSSR count). The fourth-order valence-electron chi connectivity index (χ4n) is 0.903. The standard InChI is InChI=1S/C8H10Cl2N2/c1-12(2)6-4-3-5(9)8(11)7(6)10/h3-4H,11H2,1-2H3. The van der Waals surface area contributed by atoms with Gasteiger partial charge in [-0.05, 0) is 12.1 Å². The summed E-state index contributed by atoms with van der Waals surface area (Å²) in [5, 5.41) is 0.998. The highest BCUT2D eigenvalue weighted by Gasteiger charge is 2.08. The predicted octanol–water partition coefficient (Wildman–Crippen LogP) is 2.64. The minimum atomic E-state index is 0.435. The third kappa shape index (κ3) is 1.59. The van der Waals surface area contributed by atoms with Gasteiger partial charge in [0.05, 0.1) is 21.4 Å². The molecule has 0 spiro atoms. The molecule has 0 atom stereocenters. The van der Waals surface area contributed by atoms with E-state index in [0.717, 1.165) is 5.69 Å². The van der Waals surface area contributed by atoms with Gasteiger partial charge in [0.25, 0.3) is 0 Å². The summed E-state index contributed by atoms with van der Waals surface area (Å²) in [5.74, 6) is 0. The Bertz CT molecular complexity index is 297. The molecule has 0 aliphatic heterocycles. The van der Waals surface area contributed by atoms with Crippen molar-refractivity contribution in [2.24, 2.45) is 0 Å². The first-order valence-corrected chi connectivity index (χ1v) is 4.20. The van der Waals surface area contributed by atoms with E-state index in [1.807, 2.05) is 25.1 Å². The number of rotatable bonds is 1. The van der Waals surface area contributed by atoms with E-state index in [1.165, 1.54) is 0 Å². The first-order chi connectivity index (χ1) is 5.54. The summed E-state index contributed by atoms with van der Waals surface area (Å²) in [5.41, 5.74) is 6.94. The predicted molar refractivity (Wildman–Crippen MR) is 55.2 cm³/mol. The Morgan fingerprint density at radius 1 is 1.25 bits per heavy atom. The molecule has 2 nitrogen and oxygen atoms in total. The highest BCUT2D eigenvalue weighted by molar-refractivity contribution is 6.40. The van der Waals surface area contributed by atoms with Crippen molar-refractivity contribution >= 4 is 34.6 Å². The number of nitrogen functional groups attached to an aromatic ring is 1. The van der Waals surface area contributed by atoms with E-state index < -0.39 is 0 Å². The topological polar surface area (TPSA) is 29.3 Å². The fraction of sp³-hybridized carbons (Fsp3) is 0.250. The van der Waals surface area contributed by atoms with Crippen LogP contribution >= 0.6 is 23.2 Å². The smallest absolute Gasteiger partial charge is 0.0883 e. The summed E-state index contributed by atoms with van der Waals surface area (Å²) < 4.78 is 0. The molecule has 0 aliphatic carbocycles. The zero-order valence-electron chi connectivity index (χ0n) is 6.94. The van der Waals surface area contributed by atoms with Gasteiger partial charge in [-0.25, -0.2) is 0 Å². The molecule has 12 heavy (non-hydrogen) atoms. The molecule has 2 N–H and O–H groups in total. The van der Waals surface area contributed by atoms with Gasteiger partial charge in [0.1, 0.15) is 0 Å². The lowest BCUT2D eigenvalue weighted by molar-refractivity contribution is 1.13. The number of nitrogens with zero attached hydrogens (tertiary/aromatic N) is 1. The van der Waals surface area contributed by atoms with Crippen molar-refractivity contribution in [1.82, 2.24) is 0 Å². The Morgan fingerprint density at radius 3 is 2.33 bits per heavy atom. The third-order valence-electron chi connectivity index (χ3n) is 1.59. The van der Waals surface area contributed by atoms with Gasteiger partial charge in [0, 0.05) is 14.1 Å². The van der Waals surface area contributed by atoms with E-state index in [9.17, 15) is 0 Å². The van der Waals surface area contributed by atoms with E-state index >= 15 is 0 Å². The van der Waals surface area contributed by atoms with E-state index in [2.05, 4.69) is 0 Å². The van der Waals surface area contributed by atoms with Crippen molar-refractivity contribution in [2.45, 2.75) is 0 Å². The van der Waals surface area contributed by atoms with Crippen molar-refractivity contribution in [2.75, 3.05) is 24.7 Å². The number of nitrogens with two attached hydrogens (primary N) is 1. The molecule has 0 radical (unpaired) electrons. The second kappa shape index (κ2) is 3.42. The first kappa shape index (κ1) is 9.49. The van der Waals surface area contributed by atoms with Crippen LogP contribution in [-0.4, -0.2) is 14.1 Å². The van der Waals surface area contributed by atoms with Crippen molar-refractivity contribution < 1.29 is 0 Å². The molecular formula is C8H10Cl2N2. The van der Waals surface area contributed by atoms with E-state index in [0.29, 0.717) is 15.7 Å². The largest absolute Gasteiger partial charge is 0.396 e. The average Bonchev–Trinajstić information content (AvgIpc) is 2.00. The van der Waals surface area contributed by atoms with Crippen LogP contribution in [0.1, 0.15) is 0 Å².